The van der Waals surface area contributed by atoms with Crippen LogP contribution in [-0.2, 0) is 4.52 Å². The second kappa shape index (κ2) is 14.9. The van der Waals surface area contributed by atoms with Crippen LogP contribution in [0.5, 0.6) is 5.75 Å². The van der Waals surface area contributed by atoms with Crippen molar-refractivity contribution in [2.24, 2.45) is 0 Å². The molecule has 4 heteroatoms. The fraction of sp³-hybridized carbons (Fsp3) is 0.684. The Morgan fingerprint density at radius 3 is 1.87 bits per heavy atom. The van der Waals surface area contributed by atoms with Gasteiger partial charge in [-0.15, -0.1) is 0 Å². The van der Waals surface area contributed by atoms with Crippen molar-refractivity contribution in [1.82, 2.24) is 0 Å². The number of unbranched alkanes of at least 4 members (excludes halogenated alkanes) is 10. The molecule has 0 aliphatic heterocycles. The van der Waals surface area contributed by atoms with Crippen LogP contribution in [0.25, 0.3) is 0 Å². The smallest absolute Gasteiger partial charge is 0.394 e. The van der Waals surface area contributed by atoms with Gasteiger partial charge in [0.15, 0.2) is 0 Å². The number of hydrogen-bond acceptors (Lipinski definition) is 3. The van der Waals surface area contributed by atoms with E-state index in [9.17, 15) is 4.89 Å². The standard InChI is InChI=1S/C19H33O3P/c1-2-3-4-5-6-7-8-9-10-11-15-18-21-23(20)22-19-16-13-12-14-17-19/h12-14,16-17,20H,2-11,15,18H2,1H3. The normalized spacial score (nSPS) is 12.3. The van der Waals surface area contributed by atoms with Gasteiger partial charge in [0.1, 0.15) is 5.75 Å². The third-order valence-electron chi connectivity index (χ3n) is 3.88. The van der Waals surface area contributed by atoms with Crippen molar-refractivity contribution in [3.63, 3.8) is 0 Å². The van der Waals surface area contributed by atoms with Crippen molar-refractivity contribution in [2.75, 3.05) is 6.61 Å². The Morgan fingerprint density at radius 2 is 1.30 bits per heavy atom. The summed E-state index contributed by atoms with van der Waals surface area (Å²) >= 11 is 0. The number of benzene rings is 1. The Balaban J connectivity index is 1.82. The first-order chi connectivity index (χ1) is 11.3. The van der Waals surface area contributed by atoms with E-state index in [0.717, 1.165) is 6.42 Å². The van der Waals surface area contributed by atoms with E-state index in [4.69, 9.17) is 9.05 Å². The molecule has 0 aliphatic rings. The Kier molecular flexibility index (Phi) is 13.3. The second-order valence-electron chi connectivity index (χ2n) is 6.01. The molecule has 132 valence electrons. The maximum Gasteiger partial charge on any atom is 0.394 e. The molecule has 0 heterocycles. The molecule has 0 aromatic heterocycles. The van der Waals surface area contributed by atoms with Crippen LogP contribution in [0.2, 0.25) is 0 Å². The minimum atomic E-state index is -1.79. The minimum Gasteiger partial charge on any atom is -0.427 e. The topological polar surface area (TPSA) is 38.7 Å². The quantitative estimate of drug-likeness (QED) is 0.288. The van der Waals surface area contributed by atoms with Crippen molar-refractivity contribution < 1.29 is 13.9 Å². The maximum absolute atomic E-state index is 9.68. The maximum atomic E-state index is 9.68. The lowest BCUT2D eigenvalue weighted by molar-refractivity contribution is 0.253. The first kappa shape index (κ1) is 20.4. The van der Waals surface area contributed by atoms with Crippen LogP contribution in [-0.4, -0.2) is 11.5 Å². The molecule has 0 saturated carbocycles. The van der Waals surface area contributed by atoms with Gasteiger partial charge in [-0.3, -0.25) is 0 Å². The van der Waals surface area contributed by atoms with Crippen LogP contribution in [0.3, 0.4) is 0 Å². The van der Waals surface area contributed by atoms with E-state index < -0.39 is 8.60 Å². The molecule has 1 aromatic rings. The molecule has 0 amide bonds. The summed E-state index contributed by atoms with van der Waals surface area (Å²) in [5.41, 5.74) is 0. The first-order valence-electron chi connectivity index (χ1n) is 9.18. The van der Waals surface area contributed by atoms with Gasteiger partial charge in [-0.25, -0.2) is 0 Å². The van der Waals surface area contributed by atoms with Gasteiger partial charge < -0.3 is 13.9 Å². The van der Waals surface area contributed by atoms with E-state index in [1.54, 1.807) is 0 Å². The highest BCUT2D eigenvalue weighted by Gasteiger charge is 2.07. The third kappa shape index (κ3) is 12.5. The second-order valence-corrected chi connectivity index (χ2v) is 6.93. The highest BCUT2D eigenvalue weighted by molar-refractivity contribution is 7.41. The predicted molar refractivity (Wildman–Crippen MR) is 98.6 cm³/mol. The lowest BCUT2D eigenvalue weighted by Crippen LogP contribution is -1.95. The van der Waals surface area contributed by atoms with E-state index in [2.05, 4.69) is 6.92 Å². The zero-order valence-electron chi connectivity index (χ0n) is 14.6. The first-order valence-corrected chi connectivity index (χ1v) is 10.3. The molecule has 1 unspecified atom stereocenters. The molecule has 23 heavy (non-hydrogen) atoms. The van der Waals surface area contributed by atoms with Crippen LogP contribution in [0.4, 0.5) is 0 Å². The van der Waals surface area contributed by atoms with Crippen LogP contribution in [0.1, 0.15) is 77.6 Å². The van der Waals surface area contributed by atoms with Crippen molar-refractivity contribution in [3.8, 4) is 5.75 Å². The summed E-state index contributed by atoms with van der Waals surface area (Å²) in [6.07, 6.45) is 14.4. The van der Waals surface area contributed by atoms with Gasteiger partial charge >= 0.3 is 8.60 Å². The van der Waals surface area contributed by atoms with Crippen LogP contribution in [0.15, 0.2) is 30.3 Å². The SMILES string of the molecule is CCCCCCCCCCCCCOP(O)Oc1ccccc1. The summed E-state index contributed by atoms with van der Waals surface area (Å²) in [5.74, 6) is 0.653. The summed E-state index contributed by atoms with van der Waals surface area (Å²) in [4.78, 5) is 9.68. The average Bonchev–Trinajstić information content (AvgIpc) is 2.57. The molecule has 0 spiro atoms. The largest absolute Gasteiger partial charge is 0.427 e. The van der Waals surface area contributed by atoms with Gasteiger partial charge in [0.05, 0.1) is 6.61 Å². The highest BCUT2D eigenvalue weighted by atomic mass is 31.2. The fourth-order valence-electron chi connectivity index (χ4n) is 2.51. The Morgan fingerprint density at radius 1 is 0.783 bits per heavy atom. The van der Waals surface area contributed by atoms with Gasteiger partial charge in [0.25, 0.3) is 0 Å². The van der Waals surface area contributed by atoms with Gasteiger partial charge in [0, 0.05) is 0 Å². The summed E-state index contributed by atoms with van der Waals surface area (Å²) in [5, 5.41) is 0. The van der Waals surface area contributed by atoms with Crippen LogP contribution >= 0.6 is 8.60 Å². The van der Waals surface area contributed by atoms with Crippen molar-refractivity contribution in [3.05, 3.63) is 30.3 Å². The van der Waals surface area contributed by atoms with Crippen molar-refractivity contribution in [2.45, 2.75) is 77.6 Å². The molecule has 0 aliphatic carbocycles. The predicted octanol–water partition coefficient (Wildman–Crippen LogP) is 6.61. The van der Waals surface area contributed by atoms with Crippen molar-refractivity contribution >= 4 is 8.60 Å². The molecular weight excluding hydrogens is 307 g/mol. The van der Waals surface area contributed by atoms with E-state index in [1.165, 1.54) is 64.2 Å². The molecule has 1 N–H and O–H groups in total. The lowest BCUT2D eigenvalue weighted by atomic mass is 10.1. The third-order valence-corrected chi connectivity index (χ3v) is 4.65. The molecule has 1 aromatic carbocycles. The summed E-state index contributed by atoms with van der Waals surface area (Å²) < 4.78 is 10.6. The van der Waals surface area contributed by atoms with Gasteiger partial charge in [-0.2, -0.15) is 0 Å². The van der Waals surface area contributed by atoms with E-state index >= 15 is 0 Å². The zero-order chi connectivity index (χ0) is 16.6. The van der Waals surface area contributed by atoms with Crippen LogP contribution < -0.4 is 4.52 Å². The lowest BCUT2D eigenvalue weighted by Gasteiger charge is -2.11. The Labute approximate surface area is 143 Å². The molecule has 1 rings (SSSR count). The van der Waals surface area contributed by atoms with E-state index in [-0.39, 0.29) is 0 Å². The summed E-state index contributed by atoms with van der Waals surface area (Å²) in [7, 11) is -1.79. The fourth-order valence-corrected chi connectivity index (χ4v) is 3.15. The zero-order valence-corrected chi connectivity index (χ0v) is 15.5. The Bertz CT molecular complexity index is 359. The van der Waals surface area contributed by atoms with Gasteiger partial charge in [0.2, 0.25) is 0 Å². The molecule has 0 radical (unpaired) electrons. The van der Waals surface area contributed by atoms with E-state index in [0.29, 0.717) is 12.4 Å². The molecule has 0 fully saturated rings. The van der Waals surface area contributed by atoms with Gasteiger partial charge in [-0.1, -0.05) is 89.3 Å². The molecule has 3 nitrogen and oxygen atoms in total. The average molecular weight is 340 g/mol. The molecule has 1 atom stereocenters. The summed E-state index contributed by atoms with van der Waals surface area (Å²) in [6, 6.07) is 9.30. The van der Waals surface area contributed by atoms with Crippen LogP contribution in [0, 0.1) is 0 Å². The minimum absolute atomic E-state index is 0.575. The number of para-hydroxylation sites is 1. The molecule has 0 saturated heterocycles. The van der Waals surface area contributed by atoms with E-state index in [1.807, 2.05) is 30.3 Å². The number of hydrogen-bond donors (Lipinski definition) is 1. The van der Waals surface area contributed by atoms with Crippen molar-refractivity contribution in [1.29, 1.82) is 0 Å². The monoisotopic (exact) mass is 340 g/mol. The molecule has 0 bridgehead atoms. The Hall–Kier alpha value is -0.630. The molecular formula is C19H33O3P. The number of rotatable bonds is 15. The summed E-state index contributed by atoms with van der Waals surface area (Å²) in [6.45, 7) is 2.84. The van der Waals surface area contributed by atoms with Gasteiger partial charge in [-0.05, 0) is 18.6 Å². The highest BCUT2D eigenvalue weighted by Crippen LogP contribution is 2.34.